The fourth-order valence-corrected chi connectivity index (χ4v) is 2.86. The van der Waals surface area contributed by atoms with E-state index in [0.29, 0.717) is 0 Å². The summed E-state index contributed by atoms with van der Waals surface area (Å²) in [6, 6.07) is 0. The predicted octanol–water partition coefficient (Wildman–Crippen LogP) is 10.4. The summed E-state index contributed by atoms with van der Waals surface area (Å²) in [5, 5.41) is 0. The zero-order valence-electron chi connectivity index (χ0n) is 21.0. The van der Waals surface area contributed by atoms with E-state index >= 15 is 0 Å². The molecule has 0 saturated heterocycles. The molecule has 0 aliphatic heterocycles. The number of rotatable bonds is 20. The highest BCUT2D eigenvalue weighted by atomic mass is 16.5. The van der Waals surface area contributed by atoms with E-state index in [2.05, 4.69) is 54.0 Å². The van der Waals surface area contributed by atoms with Crippen molar-refractivity contribution in [3.05, 3.63) is 49.4 Å². The largest absolute Gasteiger partial charge is 0.467 e. The number of hydrogen-bond acceptors (Lipinski definition) is 2. The molecule has 0 aliphatic rings. The number of ether oxygens (including phenoxy) is 2. The van der Waals surface area contributed by atoms with Crippen molar-refractivity contribution in [1.29, 1.82) is 0 Å². The average molecular weight is 421 g/mol. The molecule has 0 radical (unpaired) electrons. The molecule has 0 spiro atoms. The summed E-state index contributed by atoms with van der Waals surface area (Å²) < 4.78 is 11.1. The molecule has 0 rings (SSSR count). The van der Waals surface area contributed by atoms with E-state index in [0.717, 1.165) is 61.6 Å². The molecule has 0 unspecified atom stereocenters. The molecule has 0 fully saturated rings. The van der Waals surface area contributed by atoms with E-state index in [1.165, 1.54) is 64.2 Å². The first-order chi connectivity index (χ1) is 14.4. The molecule has 0 aromatic heterocycles. The van der Waals surface area contributed by atoms with Gasteiger partial charge in [-0.3, -0.25) is 0 Å². The van der Waals surface area contributed by atoms with Crippen molar-refractivity contribution in [3.8, 4) is 0 Å². The van der Waals surface area contributed by atoms with Gasteiger partial charge in [0.25, 0.3) is 0 Å². The Balaban J connectivity index is 0. The maximum absolute atomic E-state index is 5.62. The SMILES string of the molecule is C=C(CCCC)OC(=C)CCCC.C=C(CCCCCC)OC(=C)CCCCCC. The second-order valence-corrected chi connectivity index (χ2v) is 8.19. The molecular formula is C28H52O2. The van der Waals surface area contributed by atoms with Gasteiger partial charge in [-0.05, 0) is 25.7 Å². The molecule has 176 valence electrons. The molecule has 0 atom stereocenters. The Hall–Kier alpha value is -1.44. The lowest BCUT2D eigenvalue weighted by atomic mass is 10.1. The molecule has 0 amide bonds. The summed E-state index contributed by atoms with van der Waals surface area (Å²) in [5.74, 6) is 3.51. The first-order valence-corrected chi connectivity index (χ1v) is 12.5. The van der Waals surface area contributed by atoms with E-state index in [1.54, 1.807) is 0 Å². The van der Waals surface area contributed by atoms with Crippen LogP contribution < -0.4 is 0 Å². The van der Waals surface area contributed by atoms with Crippen LogP contribution >= 0.6 is 0 Å². The molecule has 30 heavy (non-hydrogen) atoms. The van der Waals surface area contributed by atoms with Gasteiger partial charge in [0.15, 0.2) is 0 Å². The molecule has 0 heterocycles. The van der Waals surface area contributed by atoms with E-state index in [1.807, 2.05) is 0 Å². The molecule has 2 heteroatoms. The van der Waals surface area contributed by atoms with Gasteiger partial charge >= 0.3 is 0 Å². The Kier molecular flexibility index (Phi) is 24.4. The minimum absolute atomic E-state index is 0.864. The van der Waals surface area contributed by atoms with Crippen molar-refractivity contribution in [3.63, 3.8) is 0 Å². The van der Waals surface area contributed by atoms with Gasteiger partial charge in [0, 0.05) is 25.7 Å². The summed E-state index contributed by atoms with van der Waals surface area (Å²) >= 11 is 0. The summed E-state index contributed by atoms with van der Waals surface area (Å²) in [6.07, 6.45) is 18.7. The first-order valence-electron chi connectivity index (χ1n) is 12.5. The Morgan fingerprint density at radius 2 is 0.667 bits per heavy atom. The third-order valence-corrected chi connectivity index (χ3v) is 4.81. The zero-order valence-corrected chi connectivity index (χ0v) is 21.0. The molecule has 0 bridgehead atoms. The van der Waals surface area contributed by atoms with Gasteiger partial charge in [-0.2, -0.15) is 0 Å². The average Bonchev–Trinajstić information content (AvgIpc) is 2.71. The van der Waals surface area contributed by atoms with E-state index in [4.69, 9.17) is 9.47 Å². The van der Waals surface area contributed by atoms with Crippen molar-refractivity contribution >= 4 is 0 Å². The Labute approximate surface area is 189 Å². The third kappa shape index (κ3) is 24.6. The second kappa shape index (κ2) is 23.8. The number of unbranched alkanes of at least 4 members (excludes halogenated alkanes) is 8. The van der Waals surface area contributed by atoms with Crippen LogP contribution in [0.15, 0.2) is 49.4 Å². The summed E-state index contributed by atoms with van der Waals surface area (Å²) in [5.41, 5.74) is 0. The van der Waals surface area contributed by atoms with E-state index in [9.17, 15) is 0 Å². The van der Waals surface area contributed by atoms with Crippen LogP contribution in [0.25, 0.3) is 0 Å². The summed E-state index contributed by atoms with van der Waals surface area (Å²) in [7, 11) is 0. The van der Waals surface area contributed by atoms with Gasteiger partial charge in [-0.15, -0.1) is 0 Å². The highest BCUT2D eigenvalue weighted by Crippen LogP contribution is 2.17. The Morgan fingerprint density at radius 3 is 0.933 bits per heavy atom. The molecule has 0 saturated carbocycles. The van der Waals surface area contributed by atoms with Crippen molar-refractivity contribution < 1.29 is 9.47 Å². The number of allylic oxidation sites excluding steroid dienone is 4. The van der Waals surface area contributed by atoms with Gasteiger partial charge in [-0.1, -0.05) is 105 Å². The summed E-state index contributed by atoms with van der Waals surface area (Å²) in [6.45, 7) is 24.4. The molecule has 0 aliphatic carbocycles. The van der Waals surface area contributed by atoms with Gasteiger partial charge in [0.05, 0.1) is 23.0 Å². The van der Waals surface area contributed by atoms with Crippen LogP contribution in [-0.4, -0.2) is 0 Å². The first kappa shape index (κ1) is 30.8. The van der Waals surface area contributed by atoms with E-state index in [-0.39, 0.29) is 0 Å². The van der Waals surface area contributed by atoms with Gasteiger partial charge in [-0.25, -0.2) is 0 Å². The van der Waals surface area contributed by atoms with Gasteiger partial charge in [0.1, 0.15) is 0 Å². The molecule has 0 aromatic carbocycles. The topological polar surface area (TPSA) is 18.5 Å². The van der Waals surface area contributed by atoms with E-state index < -0.39 is 0 Å². The maximum atomic E-state index is 5.62. The quantitative estimate of drug-likeness (QED) is 0.144. The maximum Gasteiger partial charge on any atom is 0.0964 e. The lowest BCUT2D eigenvalue weighted by Crippen LogP contribution is -1.92. The molecule has 0 aromatic rings. The second-order valence-electron chi connectivity index (χ2n) is 8.19. The Morgan fingerprint density at radius 1 is 0.400 bits per heavy atom. The molecule has 2 nitrogen and oxygen atoms in total. The van der Waals surface area contributed by atoms with Crippen molar-refractivity contribution in [2.45, 2.75) is 130 Å². The molecular weight excluding hydrogens is 368 g/mol. The monoisotopic (exact) mass is 420 g/mol. The van der Waals surface area contributed by atoms with Crippen LogP contribution in [0, 0.1) is 0 Å². The van der Waals surface area contributed by atoms with Crippen molar-refractivity contribution in [2.24, 2.45) is 0 Å². The minimum atomic E-state index is 0.864. The van der Waals surface area contributed by atoms with Crippen LogP contribution in [0.1, 0.15) is 130 Å². The normalized spacial score (nSPS) is 10.0. The highest BCUT2D eigenvalue weighted by molar-refractivity contribution is 4.93. The smallest absolute Gasteiger partial charge is 0.0964 e. The van der Waals surface area contributed by atoms with Crippen LogP contribution in [-0.2, 0) is 9.47 Å². The van der Waals surface area contributed by atoms with Gasteiger partial charge < -0.3 is 9.47 Å². The zero-order chi connectivity index (χ0) is 23.0. The fourth-order valence-electron chi connectivity index (χ4n) is 2.86. The number of hydrogen-bond donors (Lipinski definition) is 0. The Bertz CT molecular complexity index is 408. The standard InChI is InChI=1S/C16H30O.C12H22O/c1-5-7-9-11-13-15(3)17-16(4)14-12-10-8-6-2;1-5-7-9-11(3)13-12(4)10-8-6-2/h3-14H2,1-2H3;3-10H2,1-2H3. The highest BCUT2D eigenvalue weighted by Gasteiger charge is 2.00. The fraction of sp³-hybridized carbons (Fsp3) is 0.714. The third-order valence-electron chi connectivity index (χ3n) is 4.81. The molecule has 0 N–H and O–H groups in total. The minimum Gasteiger partial charge on any atom is -0.467 e. The van der Waals surface area contributed by atoms with Gasteiger partial charge in [0.2, 0.25) is 0 Å². The van der Waals surface area contributed by atoms with Crippen LogP contribution in [0.2, 0.25) is 0 Å². The lowest BCUT2D eigenvalue weighted by Gasteiger charge is -2.11. The van der Waals surface area contributed by atoms with Crippen LogP contribution in [0.5, 0.6) is 0 Å². The van der Waals surface area contributed by atoms with Crippen LogP contribution in [0.4, 0.5) is 0 Å². The summed E-state index contributed by atoms with van der Waals surface area (Å²) in [4.78, 5) is 0. The van der Waals surface area contributed by atoms with Crippen molar-refractivity contribution in [2.75, 3.05) is 0 Å². The lowest BCUT2D eigenvalue weighted by molar-refractivity contribution is 0.274. The van der Waals surface area contributed by atoms with Crippen molar-refractivity contribution in [1.82, 2.24) is 0 Å². The van der Waals surface area contributed by atoms with Crippen LogP contribution in [0.3, 0.4) is 0 Å². The predicted molar refractivity (Wildman–Crippen MR) is 135 cm³/mol.